The van der Waals surface area contributed by atoms with Crippen LogP contribution in [-0.4, -0.2) is 40.4 Å². The van der Waals surface area contributed by atoms with Crippen molar-refractivity contribution in [2.45, 2.75) is 32.2 Å². The number of fused-ring (bicyclic) bond motifs is 1. The van der Waals surface area contributed by atoms with E-state index in [-0.39, 0.29) is 17.0 Å². The summed E-state index contributed by atoms with van der Waals surface area (Å²) in [5.41, 5.74) is 8.60. The highest BCUT2D eigenvalue weighted by Gasteiger charge is 2.45. The molecule has 1 spiro atoms. The van der Waals surface area contributed by atoms with Gasteiger partial charge >= 0.3 is 0 Å². The summed E-state index contributed by atoms with van der Waals surface area (Å²) in [6, 6.07) is 13.1. The fraction of sp³-hybridized carbons (Fsp3) is 0.375. The van der Waals surface area contributed by atoms with Crippen molar-refractivity contribution in [1.29, 1.82) is 0 Å². The minimum atomic E-state index is -0.353. The van der Waals surface area contributed by atoms with Gasteiger partial charge in [-0.25, -0.2) is 4.98 Å². The third-order valence-electron chi connectivity index (χ3n) is 6.91. The average Bonchev–Trinajstić information content (AvgIpc) is 2.82. The van der Waals surface area contributed by atoms with E-state index in [4.69, 9.17) is 10.7 Å². The first-order chi connectivity index (χ1) is 15.6. The molecule has 2 aromatic carbocycles. The Balaban J connectivity index is 1.31. The first-order valence-corrected chi connectivity index (χ1v) is 11.1. The Morgan fingerprint density at radius 2 is 1.78 bits per heavy atom. The third kappa shape index (κ3) is 3.55. The minimum Gasteiger partial charge on any atom is -0.397 e. The molecule has 0 saturated carbocycles. The Bertz CT molecular complexity index is 1170. The fourth-order valence-electron chi connectivity index (χ4n) is 5.09. The van der Waals surface area contributed by atoms with E-state index in [0.29, 0.717) is 24.3 Å². The van der Waals surface area contributed by atoms with Crippen LogP contribution in [0.15, 0.2) is 53.8 Å². The zero-order valence-corrected chi connectivity index (χ0v) is 17.9. The molecule has 1 amide bonds. The topological polar surface area (TPSA) is 105 Å². The molecule has 5 rings (SSSR count). The van der Waals surface area contributed by atoms with Crippen molar-refractivity contribution in [3.63, 3.8) is 0 Å². The van der Waals surface area contributed by atoms with Gasteiger partial charge in [0.05, 0.1) is 28.3 Å². The van der Waals surface area contributed by atoms with Crippen molar-refractivity contribution in [3.8, 4) is 0 Å². The van der Waals surface area contributed by atoms with Crippen LogP contribution in [0.1, 0.15) is 31.2 Å². The molecular weight excluding hydrogens is 404 g/mol. The lowest BCUT2D eigenvalue weighted by atomic mass is 9.71. The number of nitrogens with zero attached hydrogens (tertiary/aromatic N) is 5. The standard InChI is InChI=1S/C24H26N6O2/c25-18-6-3-5-17(22(18)28-32)16-30-12-4-9-24(23(30)31)10-13-29(14-11-24)21-15-26-19-7-1-2-8-20(19)27-21/h1-3,5-8,15H,4,9-14,16,25H2. The van der Waals surface area contributed by atoms with Gasteiger partial charge in [-0.05, 0) is 49.1 Å². The molecule has 2 N–H and O–H groups in total. The predicted octanol–water partition coefficient (Wildman–Crippen LogP) is 4.02. The molecule has 3 heterocycles. The zero-order valence-electron chi connectivity index (χ0n) is 17.9. The van der Waals surface area contributed by atoms with E-state index in [0.717, 1.165) is 55.6 Å². The Morgan fingerprint density at radius 3 is 2.56 bits per heavy atom. The molecule has 164 valence electrons. The lowest BCUT2D eigenvalue weighted by Crippen LogP contribution is -2.53. The van der Waals surface area contributed by atoms with E-state index < -0.39 is 0 Å². The summed E-state index contributed by atoms with van der Waals surface area (Å²) in [6.07, 6.45) is 5.24. The molecule has 3 aromatic rings. The van der Waals surface area contributed by atoms with Crippen molar-refractivity contribution in [2.75, 3.05) is 30.3 Å². The summed E-state index contributed by atoms with van der Waals surface area (Å²) < 4.78 is 0. The van der Waals surface area contributed by atoms with Gasteiger partial charge in [-0.1, -0.05) is 24.3 Å². The van der Waals surface area contributed by atoms with E-state index in [1.807, 2.05) is 41.4 Å². The molecule has 2 fully saturated rings. The number of anilines is 2. The van der Waals surface area contributed by atoms with Crippen LogP contribution < -0.4 is 10.6 Å². The molecule has 32 heavy (non-hydrogen) atoms. The molecule has 0 radical (unpaired) electrons. The number of carbonyl (C=O) groups is 1. The van der Waals surface area contributed by atoms with Crippen LogP contribution in [0.2, 0.25) is 0 Å². The van der Waals surface area contributed by atoms with Crippen LogP contribution in [-0.2, 0) is 11.3 Å². The number of nitroso groups, excluding NO2 is 1. The molecular formula is C24H26N6O2. The van der Waals surface area contributed by atoms with Crippen LogP contribution in [0, 0.1) is 10.3 Å². The normalized spacial score (nSPS) is 18.3. The first kappa shape index (κ1) is 20.4. The highest BCUT2D eigenvalue weighted by Crippen LogP contribution is 2.42. The second-order valence-corrected chi connectivity index (χ2v) is 8.76. The second kappa shape index (κ2) is 8.18. The number of nitrogen functional groups attached to an aromatic ring is 1. The van der Waals surface area contributed by atoms with Gasteiger partial charge in [0.15, 0.2) is 0 Å². The Kier molecular flexibility index (Phi) is 5.20. The number of likely N-dealkylation sites (tertiary alicyclic amines) is 1. The number of rotatable bonds is 4. The van der Waals surface area contributed by atoms with Crippen LogP contribution >= 0.6 is 0 Å². The van der Waals surface area contributed by atoms with Crippen molar-refractivity contribution >= 4 is 34.1 Å². The highest BCUT2D eigenvalue weighted by molar-refractivity contribution is 5.84. The molecule has 2 saturated heterocycles. The lowest BCUT2D eigenvalue weighted by molar-refractivity contribution is -0.148. The number of amides is 1. The Morgan fingerprint density at radius 1 is 1.00 bits per heavy atom. The van der Waals surface area contributed by atoms with Gasteiger partial charge in [0.1, 0.15) is 11.5 Å². The van der Waals surface area contributed by atoms with Gasteiger partial charge in [-0.15, -0.1) is 4.91 Å². The number of para-hydroxylation sites is 2. The maximum Gasteiger partial charge on any atom is 0.229 e. The average molecular weight is 431 g/mol. The van der Waals surface area contributed by atoms with Gasteiger partial charge in [0, 0.05) is 31.7 Å². The molecule has 8 heteroatoms. The molecule has 8 nitrogen and oxygen atoms in total. The number of hydrogen-bond acceptors (Lipinski definition) is 7. The van der Waals surface area contributed by atoms with E-state index in [1.165, 1.54) is 0 Å². The Hall–Kier alpha value is -3.55. The molecule has 1 aromatic heterocycles. The number of nitrogens with two attached hydrogens (primary N) is 1. The SMILES string of the molecule is Nc1cccc(CN2CCCC3(CCN(c4cnc5ccccc5n4)CC3)C2=O)c1N=O. The Labute approximate surface area is 186 Å². The summed E-state index contributed by atoms with van der Waals surface area (Å²) in [7, 11) is 0. The number of aromatic nitrogens is 2. The second-order valence-electron chi connectivity index (χ2n) is 8.76. The summed E-state index contributed by atoms with van der Waals surface area (Å²) in [4.78, 5) is 38.2. The van der Waals surface area contributed by atoms with E-state index in [2.05, 4.69) is 15.1 Å². The number of benzene rings is 2. The molecule has 0 aliphatic carbocycles. The van der Waals surface area contributed by atoms with Gasteiger partial charge in [0.2, 0.25) is 5.91 Å². The van der Waals surface area contributed by atoms with E-state index in [9.17, 15) is 9.70 Å². The highest BCUT2D eigenvalue weighted by atomic mass is 16.3. The summed E-state index contributed by atoms with van der Waals surface area (Å²) in [6.45, 7) is 2.60. The molecule has 2 aliphatic rings. The van der Waals surface area contributed by atoms with Crippen molar-refractivity contribution in [1.82, 2.24) is 14.9 Å². The van der Waals surface area contributed by atoms with Crippen molar-refractivity contribution in [3.05, 3.63) is 59.1 Å². The number of piperidine rings is 2. The van der Waals surface area contributed by atoms with Crippen molar-refractivity contribution < 1.29 is 4.79 Å². The minimum absolute atomic E-state index is 0.173. The van der Waals surface area contributed by atoms with Crippen LogP contribution in [0.25, 0.3) is 11.0 Å². The summed E-state index contributed by atoms with van der Waals surface area (Å²) >= 11 is 0. The first-order valence-electron chi connectivity index (χ1n) is 11.1. The largest absolute Gasteiger partial charge is 0.397 e. The van der Waals surface area contributed by atoms with Crippen molar-refractivity contribution in [2.24, 2.45) is 10.6 Å². The quantitative estimate of drug-likeness (QED) is 0.495. The smallest absolute Gasteiger partial charge is 0.229 e. The molecule has 0 bridgehead atoms. The summed E-state index contributed by atoms with van der Waals surface area (Å²) in [5.74, 6) is 1.03. The number of carbonyl (C=O) groups excluding carboxylic acids is 1. The van der Waals surface area contributed by atoms with Crippen LogP contribution in [0.3, 0.4) is 0 Å². The third-order valence-corrected chi connectivity index (χ3v) is 6.91. The molecule has 0 unspecified atom stereocenters. The maximum atomic E-state index is 13.5. The lowest BCUT2D eigenvalue weighted by Gasteiger charge is -2.46. The van der Waals surface area contributed by atoms with Gasteiger partial charge in [0.25, 0.3) is 0 Å². The predicted molar refractivity (Wildman–Crippen MR) is 124 cm³/mol. The van der Waals surface area contributed by atoms with E-state index >= 15 is 0 Å². The fourth-order valence-corrected chi connectivity index (χ4v) is 5.09. The van der Waals surface area contributed by atoms with Gasteiger partial charge in [-0.3, -0.25) is 9.78 Å². The van der Waals surface area contributed by atoms with E-state index in [1.54, 1.807) is 12.1 Å². The maximum absolute atomic E-state index is 13.5. The van der Waals surface area contributed by atoms with Crippen LogP contribution in [0.4, 0.5) is 17.2 Å². The molecule has 2 aliphatic heterocycles. The zero-order chi connectivity index (χ0) is 22.1. The van der Waals surface area contributed by atoms with Gasteiger partial charge in [-0.2, -0.15) is 0 Å². The van der Waals surface area contributed by atoms with Crippen LogP contribution in [0.5, 0.6) is 0 Å². The molecule has 0 atom stereocenters. The number of hydrogen-bond donors (Lipinski definition) is 1. The van der Waals surface area contributed by atoms with Gasteiger partial charge < -0.3 is 15.5 Å². The summed E-state index contributed by atoms with van der Waals surface area (Å²) in [5, 5.41) is 3.10. The monoisotopic (exact) mass is 430 g/mol.